The molecule has 0 aliphatic heterocycles. The van der Waals surface area contributed by atoms with Gasteiger partial charge in [0.05, 0.1) is 6.10 Å². The van der Waals surface area contributed by atoms with Gasteiger partial charge in [0, 0.05) is 6.54 Å². The maximum absolute atomic E-state index is 9.24. The van der Waals surface area contributed by atoms with E-state index in [2.05, 4.69) is 15.3 Å². The van der Waals surface area contributed by atoms with E-state index in [0.29, 0.717) is 23.9 Å². The molecule has 0 unspecified atom stereocenters. The Hall–Kier alpha value is -2.50. The van der Waals surface area contributed by atoms with Crippen LogP contribution in [0.4, 0.5) is 11.5 Å². The molecule has 21 heavy (non-hydrogen) atoms. The Labute approximate surface area is 124 Å². The molecule has 0 spiro atoms. The summed E-state index contributed by atoms with van der Waals surface area (Å²) in [6, 6.07) is 7.10. The Morgan fingerprint density at radius 3 is 2.62 bits per heavy atom. The molecule has 112 valence electrons. The number of nitrogens with one attached hydrogen (secondary N) is 1. The Kier molecular flexibility index (Phi) is 4.81. The fourth-order valence-corrected chi connectivity index (χ4v) is 1.83. The number of benzene rings is 1. The number of nitrogen functional groups attached to an aromatic ring is 1. The number of nitrogens with zero attached hydrogens (tertiary/aromatic N) is 2. The molecule has 6 heteroatoms. The predicted octanol–water partition coefficient (Wildman–Crippen LogP) is 2.21. The van der Waals surface area contributed by atoms with E-state index in [-0.39, 0.29) is 11.9 Å². The minimum Gasteiger partial charge on any atom is -0.508 e. The van der Waals surface area contributed by atoms with Crippen molar-refractivity contribution >= 4 is 11.5 Å². The van der Waals surface area contributed by atoms with Gasteiger partial charge in [-0.15, -0.1) is 0 Å². The predicted molar refractivity (Wildman–Crippen MR) is 82.5 cm³/mol. The van der Waals surface area contributed by atoms with E-state index in [0.717, 1.165) is 12.0 Å². The molecule has 4 N–H and O–H groups in total. The van der Waals surface area contributed by atoms with Crippen LogP contribution >= 0.6 is 0 Å². The van der Waals surface area contributed by atoms with Crippen molar-refractivity contribution in [3.63, 3.8) is 0 Å². The van der Waals surface area contributed by atoms with Gasteiger partial charge in [0.15, 0.2) is 5.82 Å². The lowest BCUT2D eigenvalue weighted by molar-refractivity contribution is 0.234. The summed E-state index contributed by atoms with van der Waals surface area (Å²) in [4.78, 5) is 8.15. The van der Waals surface area contributed by atoms with Gasteiger partial charge in [-0.1, -0.05) is 12.1 Å². The highest BCUT2D eigenvalue weighted by molar-refractivity contribution is 5.66. The second-order valence-corrected chi connectivity index (χ2v) is 4.95. The first-order valence-corrected chi connectivity index (χ1v) is 6.85. The fraction of sp³-hybridized carbons (Fsp3) is 0.333. The van der Waals surface area contributed by atoms with Crippen LogP contribution in [0, 0.1) is 0 Å². The zero-order valence-corrected chi connectivity index (χ0v) is 12.2. The molecular formula is C15H20N4O2. The van der Waals surface area contributed by atoms with Crippen molar-refractivity contribution in [2.75, 3.05) is 17.6 Å². The zero-order chi connectivity index (χ0) is 15.2. The van der Waals surface area contributed by atoms with Crippen molar-refractivity contribution in [2.24, 2.45) is 0 Å². The second-order valence-electron chi connectivity index (χ2n) is 4.95. The highest BCUT2D eigenvalue weighted by Crippen LogP contribution is 2.25. The second kappa shape index (κ2) is 6.78. The zero-order valence-electron chi connectivity index (χ0n) is 12.2. The molecule has 0 fully saturated rings. The minimum absolute atomic E-state index is 0.00652. The van der Waals surface area contributed by atoms with Crippen LogP contribution in [0.1, 0.15) is 19.4 Å². The summed E-state index contributed by atoms with van der Waals surface area (Å²) in [5.74, 6) is 1.23. The summed E-state index contributed by atoms with van der Waals surface area (Å²) in [6.45, 7) is 4.51. The number of rotatable bonds is 6. The van der Waals surface area contributed by atoms with Crippen LogP contribution in [-0.4, -0.2) is 27.7 Å². The molecule has 0 atom stereocenters. The van der Waals surface area contributed by atoms with E-state index in [4.69, 9.17) is 10.5 Å². The lowest BCUT2D eigenvalue weighted by atomic mass is 10.1. The Morgan fingerprint density at radius 2 is 1.95 bits per heavy atom. The first-order chi connectivity index (χ1) is 10.1. The van der Waals surface area contributed by atoms with Crippen molar-refractivity contribution < 1.29 is 9.84 Å². The third kappa shape index (κ3) is 4.24. The summed E-state index contributed by atoms with van der Waals surface area (Å²) in [6.07, 6.45) is 2.23. The van der Waals surface area contributed by atoms with Crippen LogP contribution in [0.2, 0.25) is 0 Å². The molecule has 1 aromatic carbocycles. The van der Waals surface area contributed by atoms with Crippen molar-refractivity contribution in [2.45, 2.75) is 26.4 Å². The van der Waals surface area contributed by atoms with Crippen LogP contribution in [0.25, 0.3) is 0 Å². The SMILES string of the molecule is CC(C)Oc1ncnc(NCCc2ccc(O)cc2)c1N. The number of nitrogens with two attached hydrogens (primary N) is 1. The molecule has 0 aliphatic rings. The molecule has 0 radical (unpaired) electrons. The molecule has 0 aliphatic carbocycles. The summed E-state index contributed by atoms with van der Waals surface area (Å²) < 4.78 is 5.52. The van der Waals surface area contributed by atoms with E-state index in [9.17, 15) is 5.11 Å². The molecule has 0 saturated heterocycles. The maximum Gasteiger partial charge on any atom is 0.242 e. The first-order valence-electron chi connectivity index (χ1n) is 6.85. The van der Waals surface area contributed by atoms with Gasteiger partial charge in [-0.2, -0.15) is 4.98 Å². The molecule has 2 aromatic rings. The maximum atomic E-state index is 9.24. The fourth-order valence-electron chi connectivity index (χ4n) is 1.83. The van der Waals surface area contributed by atoms with Gasteiger partial charge in [-0.3, -0.25) is 0 Å². The highest BCUT2D eigenvalue weighted by atomic mass is 16.5. The average Bonchev–Trinajstić information content (AvgIpc) is 2.44. The van der Waals surface area contributed by atoms with E-state index >= 15 is 0 Å². The van der Waals surface area contributed by atoms with Crippen LogP contribution in [-0.2, 0) is 6.42 Å². The molecule has 0 amide bonds. The Morgan fingerprint density at radius 1 is 1.24 bits per heavy atom. The lowest BCUT2D eigenvalue weighted by Gasteiger charge is -2.13. The number of hydrogen-bond donors (Lipinski definition) is 3. The Balaban J connectivity index is 1.95. The van der Waals surface area contributed by atoms with Crippen molar-refractivity contribution in [3.05, 3.63) is 36.2 Å². The van der Waals surface area contributed by atoms with E-state index < -0.39 is 0 Å². The number of phenols is 1. The van der Waals surface area contributed by atoms with Gasteiger partial charge in [-0.05, 0) is 38.0 Å². The molecule has 0 saturated carbocycles. The van der Waals surface area contributed by atoms with Crippen LogP contribution in [0.3, 0.4) is 0 Å². The highest BCUT2D eigenvalue weighted by Gasteiger charge is 2.10. The third-order valence-electron chi connectivity index (χ3n) is 2.84. The molecule has 1 heterocycles. The van der Waals surface area contributed by atoms with E-state index in [1.807, 2.05) is 26.0 Å². The smallest absolute Gasteiger partial charge is 0.242 e. The standard InChI is InChI=1S/C15H20N4O2/c1-10(2)21-15-13(16)14(18-9-19-15)17-8-7-11-3-5-12(20)6-4-11/h3-6,9-10,20H,7-8,16H2,1-2H3,(H,17,18,19). The summed E-state index contributed by atoms with van der Waals surface area (Å²) >= 11 is 0. The number of aromatic hydroxyl groups is 1. The number of phenolic OH excluding ortho intramolecular Hbond substituents is 1. The van der Waals surface area contributed by atoms with Gasteiger partial charge in [0.2, 0.25) is 5.88 Å². The molecule has 2 rings (SSSR count). The van der Waals surface area contributed by atoms with Crippen molar-refractivity contribution in [1.82, 2.24) is 9.97 Å². The molecule has 6 nitrogen and oxygen atoms in total. The van der Waals surface area contributed by atoms with E-state index in [1.54, 1.807) is 12.1 Å². The number of ether oxygens (including phenoxy) is 1. The number of aromatic nitrogens is 2. The lowest BCUT2D eigenvalue weighted by Crippen LogP contribution is -2.13. The number of hydrogen-bond acceptors (Lipinski definition) is 6. The quantitative estimate of drug-likeness (QED) is 0.754. The summed E-state index contributed by atoms with van der Waals surface area (Å²) in [7, 11) is 0. The number of anilines is 2. The van der Waals surface area contributed by atoms with Crippen LogP contribution in [0.5, 0.6) is 11.6 Å². The van der Waals surface area contributed by atoms with Crippen LogP contribution in [0.15, 0.2) is 30.6 Å². The van der Waals surface area contributed by atoms with Gasteiger partial charge in [-0.25, -0.2) is 4.98 Å². The van der Waals surface area contributed by atoms with Gasteiger partial charge in [0.1, 0.15) is 17.8 Å². The molecule has 1 aromatic heterocycles. The third-order valence-corrected chi connectivity index (χ3v) is 2.84. The molecule has 0 bridgehead atoms. The van der Waals surface area contributed by atoms with Gasteiger partial charge in [0.25, 0.3) is 0 Å². The van der Waals surface area contributed by atoms with Crippen LogP contribution < -0.4 is 15.8 Å². The topological polar surface area (TPSA) is 93.3 Å². The van der Waals surface area contributed by atoms with Crippen molar-refractivity contribution in [1.29, 1.82) is 0 Å². The Bertz CT molecular complexity index is 585. The first kappa shape index (κ1) is 14.9. The molecular weight excluding hydrogens is 268 g/mol. The largest absolute Gasteiger partial charge is 0.508 e. The van der Waals surface area contributed by atoms with Gasteiger partial charge >= 0.3 is 0 Å². The average molecular weight is 288 g/mol. The summed E-state index contributed by atoms with van der Waals surface area (Å²) in [5.41, 5.74) is 7.52. The minimum atomic E-state index is 0.00652. The summed E-state index contributed by atoms with van der Waals surface area (Å²) in [5, 5.41) is 12.4. The monoisotopic (exact) mass is 288 g/mol. The van der Waals surface area contributed by atoms with Crippen molar-refractivity contribution in [3.8, 4) is 11.6 Å². The van der Waals surface area contributed by atoms with E-state index in [1.165, 1.54) is 6.33 Å². The normalized spacial score (nSPS) is 10.6. The van der Waals surface area contributed by atoms with Gasteiger partial charge < -0.3 is 20.9 Å².